The van der Waals surface area contributed by atoms with Gasteiger partial charge in [-0.05, 0) is 62.6 Å². The van der Waals surface area contributed by atoms with E-state index in [2.05, 4.69) is 50.0 Å². The van der Waals surface area contributed by atoms with Crippen LogP contribution >= 0.6 is 0 Å². The van der Waals surface area contributed by atoms with Crippen LogP contribution in [0.4, 0.5) is 19.3 Å². The lowest BCUT2D eigenvalue weighted by Crippen LogP contribution is -2.50. The van der Waals surface area contributed by atoms with E-state index in [1.807, 2.05) is 10.7 Å². The average molecular weight is 552 g/mol. The van der Waals surface area contributed by atoms with Crippen LogP contribution in [0.25, 0.3) is 16.9 Å². The van der Waals surface area contributed by atoms with E-state index in [0.717, 1.165) is 85.6 Å². The third-order valence-electron chi connectivity index (χ3n) is 8.44. The molecule has 0 bridgehead atoms. The second kappa shape index (κ2) is 11.3. The lowest BCUT2D eigenvalue weighted by Gasteiger charge is -2.44. The Kier molecular flexibility index (Phi) is 7.97. The van der Waals surface area contributed by atoms with Crippen molar-refractivity contribution < 1.29 is 18.3 Å². The number of rotatable bonds is 7. The molecule has 2 aliphatic rings. The first-order valence-corrected chi connectivity index (χ1v) is 14.2. The third kappa shape index (κ3) is 5.37. The van der Waals surface area contributed by atoms with E-state index in [4.69, 9.17) is 15.6 Å². The Bertz CT molecular complexity index is 1390. The molecular weight excluding hydrogens is 512 g/mol. The van der Waals surface area contributed by atoms with Crippen LogP contribution in [0.3, 0.4) is 0 Å². The summed E-state index contributed by atoms with van der Waals surface area (Å²) in [6.07, 6.45) is 4.26. The van der Waals surface area contributed by atoms with Crippen molar-refractivity contribution in [3.63, 3.8) is 0 Å². The Hall–Kier alpha value is -3.30. The molecule has 3 heterocycles. The van der Waals surface area contributed by atoms with Crippen molar-refractivity contribution in [1.29, 1.82) is 0 Å². The molecule has 7 nitrogen and oxygen atoms in total. The van der Waals surface area contributed by atoms with Gasteiger partial charge in [0.2, 0.25) is 0 Å². The van der Waals surface area contributed by atoms with E-state index in [1.165, 1.54) is 0 Å². The predicted octanol–water partition coefficient (Wildman–Crippen LogP) is 6.00. The fourth-order valence-corrected chi connectivity index (χ4v) is 6.16. The number of nitrogens with two attached hydrogens (primary N) is 1. The van der Waals surface area contributed by atoms with Crippen LogP contribution in [0.15, 0.2) is 30.3 Å². The average Bonchev–Trinajstić information content (AvgIpc) is 3.26. The summed E-state index contributed by atoms with van der Waals surface area (Å²) in [5.74, 6) is -0.887. The van der Waals surface area contributed by atoms with Crippen molar-refractivity contribution in [3.8, 4) is 16.9 Å². The highest BCUT2D eigenvalue weighted by atomic mass is 19.1. The Morgan fingerprint density at radius 1 is 1.12 bits per heavy atom. The van der Waals surface area contributed by atoms with Crippen LogP contribution < -0.4 is 11.1 Å². The maximum atomic E-state index is 15.9. The number of para-hydroxylation sites is 1. The number of aromatic nitrogens is 2. The minimum absolute atomic E-state index is 0.111. The molecule has 0 aliphatic carbocycles. The molecule has 9 heteroatoms. The number of nitrogens with zero attached hydrogens (tertiary/aromatic N) is 3. The van der Waals surface area contributed by atoms with Crippen LogP contribution in [-0.2, 0) is 30.5 Å². The number of hydrogen-bond acceptors (Lipinski definition) is 4. The molecule has 0 saturated carbocycles. The van der Waals surface area contributed by atoms with E-state index >= 15 is 8.78 Å². The standard InChI is InChI=1S/C31H39F2N5O2/c1-5-20-8-7-9-21(6-2)28(20)38-29(22-14-25(33)26(15-24(22)32)35-30(34)39)23-18-37(17-19-10-12-40-13-11-19)31(3,4)16-27(23)36-38/h7-9,14-15,19H,5-6,10-13,16-18H2,1-4H3,(H3,34,35,39). The first kappa shape index (κ1) is 28.2. The number of carbonyl (C=O) groups excluding carboxylic acids is 1. The van der Waals surface area contributed by atoms with Gasteiger partial charge in [0.05, 0.1) is 22.8 Å². The molecule has 214 valence electrons. The van der Waals surface area contributed by atoms with Gasteiger partial charge in [0.1, 0.15) is 11.6 Å². The maximum absolute atomic E-state index is 15.9. The maximum Gasteiger partial charge on any atom is 0.316 e. The van der Waals surface area contributed by atoms with Gasteiger partial charge in [-0.15, -0.1) is 0 Å². The van der Waals surface area contributed by atoms with E-state index in [-0.39, 0.29) is 16.8 Å². The van der Waals surface area contributed by atoms with Gasteiger partial charge >= 0.3 is 6.03 Å². The highest BCUT2D eigenvalue weighted by Gasteiger charge is 2.39. The Labute approximate surface area is 234 Å². The molecule has 40 heavy (non-hydrogen) atoms. The highest BCUT2D eigenvalue weighted by molar-refractivity contribution is 5.88. The molecule has 2 aliphatic heterocycles. The number of ether oxygens (including phenoxy) is 1. The normalized spacial score (nSPS) is 17.6. The molecule has 0 radical (unpaired) electrons. The summed E-state index contributed by atoms with van der Waals surface area (Å²) in [4.78, 5) is 13.8. The number of fused-ring (bicyclic) bond motifs is 1. The lowest BCUT2D eigenvalue weighted by atomic mass is 9.86. The monoisotopic (exact) mass is 551 g/mol. The molecule has 1 aromatic heterocycles. The first-order chi connectivity index (χ1) is 19.1. The summed E-state index contributed by atoms with van der Waals surface area (Å²) < 4.78 is 38.6. The predicted molar refractivity (Wildman–Crippen MR) is 153 cm³/mol. The number of anilines is 1. The number of halogens is 2. The molecule has 2 aromatic carbocycles. The number of benzene rings is 2. The summed E-state index contributed by atoms with van der Waals surface area (Å²) in [6.45, 7) is 11.7. The van der Waals surface area contributed by atoms with Crippen LogP contribution in [-0.4, -0.2) is 46.0 Å². The summed E-state index contributed by atoms with van der Waals surface area (Å²) in [7, 11) is 0. The van der Waals surface area contributed by atoms with Crippen LogP contribution in [0, 0.1) is 17.6 Å². The summed E-state index contributed by atoms with van der Waals surface area (Å²) in [5, 5.41) is 7.30. The summed E-state index contributed by atoms with van der Waals surface area (Å²) in [5.41, 5.74) is 10.3. The SMILES string of the molecule is CCc1cccc(CC)c1-n1nc2c(c1-c1cc(F)c(NC(N)=O)cc1F)CN(CC1CCOCC1)C(C)(C)C2. The van der Waals surface area contributed by atoms with Gasteiger partial charge < -0.3 is 15.8 Å². The van der Waals surface area contributed by atoms with E-state index in [9.17, 15) is 4.79 Å². The van der Waals surface area contributed by atoms with Crippen molar-refractivity contribution in [1.82, 2.24) is 14.7 Å². The Morgan fingerprint density at radius 3 is 2.42 bits per heavy atom. The fraction of sp³-hybridized carbons (Fsp3) is 0.484. The molecule has 3 aromatic rings. The van der Waals surface area contributed by atoms with Gasteiger partial charge in [-0.2, -0.15) is 5.10 Å². The molecule has 2 amide bonds. The topological polar surface area (TPSA) is 85.4 Å². The minimum Gasteiger partial charge on any atom is -0.381 e. The van der Waals surface area contributed by atoms with Gasteiger partial charge in [0.15, 0.2) is 0 Å². The zero-order chi connectivity index (χ0) is 28.6. The molecule has 5 rings (SSSR count). The van der Waals surface area contributed by atoms with Crippen molar-refractivity contribution in [2.45, 2.75) is 71.9 Å². The first-order valence-electron chi connectivity index (χ1n) is 14.2. The number of amides is 2. The largest absolute Gasteiger partial charge is 0.381 e. The van der Waals surface area contributed by atoms with Crippen LogP contribution in [0.5, 0.6) is 0 Å². The van der Waals surface area contributed by atoms with E-state index in [0.29, 0.717) is 24.6 Å². The molecule has 0 unspecified atom stereocenters. The molecule has 1 fully saturated rings. The van der Waals surface area contributed by atoms with Gasteiger partial charge in [-0.25, -0.2) is 18.3 Å². The van der Waals surface area contributed by atoms with Gasteiger partial charge in [-0.1, -0.05) is 32.0 Å². The second-order valence-corrected chi connectivity index (χ2v) is 11.5. The number of hydrogen-bond donors (Lipinski definition) is 2. The van der Waals surface area contributed by atoms with Crippen molar-refractivity contribution in [2.24, 2.45) is 11.7 Å². The van der Waals surface area contributed by atoms with Crippen molar-refractivity contribution >= 4 is 11.7 Å². The molecule has 1 saturated heterocycles. The van der Waals surface area contributed by atoms with Crippen molar-refractivity contribution in [3.05, 3.63) is 64.4 Å². The minimum atomic E-state index is -0.955. The summed E-state index contributed by atoms with van der Waals surface area (Å²) >= 11 is 0. The van der Waals surface area contributed by atoms with Crippen LogP contribution in [0.2, 0.25) is 0 Å². The number of carbonyl (C=O) groups is 1. The Balaban J connectivity index is 1.71. The molecule has 0 atom stereocenters. The van der Waals surface area contributed by atoms with E-state index in [1.54, 1.807) is 0 Å². The number of primary amides is 1. The van der Waals surface area contributed by atoms with E-state index < -0.39 is 17.7 Å². The zero-order valence-corrected chi connectivity index (χ0v) is 23.8. The number of aryl methyl sites for hydroxylation is 2. The third-order valence-corrected chi connectivity index (χ3v) is 8.44. The second-order valence-electron chi connectivity index (χ2n) is 11.5. The summed E-state index contributed by atoms with van der Waals surface area (Å²) in [6, 6.07) is 7.36. The number of urea groups is 1. The van der Waals surface area contributed by atoms with Crippen LogP contribution in [0.1, 0.15) is 62.9 Å². The molecule has 3 N–H and O–H groups in total. The molecular formula is C31H39F2N5O2. The highest BCUT2D eigenvalue weighted by Crippen LogP contribution is 2.41. The lowest BCUT2D eigenvalue weighted by molar-refractivity contribution is 0.0226. The van der Waals surface area contributed by atoms with Gasteiger partial charge in [0.25, 0.3) is 0 Å². The van der Waals surface area contributed by atoms with Gasteiger partial charge in [0, 0.05) is 55.5 Å². The smallest absolute Gasteiger partial charge is 0.316 e. The number of nitrogens with one attached hydrogen (secondary N) is 1. The van der Waals surface area contributed by atoms with Gasteiger partial charge in [-0.3, -0.25) is 4.90 Å². The quantitative estimate of drug-likeness (QED) is 0.377. The molecule has 0 spiro atoms. The Morgan fingerprint density at radius 2 is 1.80 bits per heavy atom. The van der Waals surface area contributed by atoms with Crippen molar-refractivity contribution in [2.75, 3.05) is 25.1 Å². The fourth-order valence-electron chi connectivity index (χ4n) is 6.16. The zero-order valence-electron chi connectivity index (χ0n) is 23.8.